The second-order valence-electron chi connectivity index (χ2n) is 6.22. The van der Waals surface area contributed by atoms with Gasteiger partial charge >= 0.3 is 0 Å². The van der Waals surface area contributed by atoms with E-state index in [1.165, 1.54) is 0 Å². The number of hydrogen-bond donors (Lipinski definition) is 2. The number of likely N-dealkylation sites (tertiary alicyclic amines) is 1. The Hall–Kier alpha value is -1.10. The number of nitrogens with one attached hydrogen (secondary N) is 1. The van der Waals surface area contributed by atoms with Gasteiger partial charge in [-0.3, -0.25) is 0 Å². The lowest BCUT2D eigenvalue weighted by molar-refractivity contribution is 0.137. The summed E-state index contributed by atoms with van der Waals surface area (Å²) in [6.45, 7) is 5.97. The summed E-state index contributed by atoms with van der Waals surface area (Å²) in [4.78, 5) is 2.39. The summed E-state index contributed by atoms with van der Waals surface area (Å²) in [6, 6.07) is 7.01. The molecule has 2 N–H and O–H groups in total. The highest BCUT2D eigenvalue weighted by Gasteiger charge is 2.23. The predicted octanol–water partition coefficient (Wildman–Crippen LogP) is 2.11. The zero-order valence-corrected chi connectivity index (χ0v) is 13.6. The van der Waals surface area contributed by atoms with E-state index < -0.39 is 6.10 Å². The molecule has 1 aliphatic heterocycles. The fraction of sp³-hybridized carbons (Fsp3) is 0.647. The van der Waals surface area contributed by atoms with Crippen molar-refractivity contribution in [1.82, 2.24) is 10.2 Å². The maximum absolute atomic E-state index is 10.5. The minimum atomic E-state index is -0.533. The highest BCUT2D eigenvalue weighted by molar-refractivity contribution is 5.38. The molecule has 1 heterocycles. The van der Waals surface area contributed by atoms with Crippen LogP contribution in [0.3, 0.4) is 0 Å². The Morgan fingerprint density at radius 3 is 2.90 bits per heavy atom. The van der Waals surface area contributed by atoms with E-state index in [4.69, 9.17) is 4.74 Å². The van der Waals surface area contributed by atoms with Crippen molar-refractivity contribution in [3.05, 3.63) is 29.3 Å². The van der Waals surface area contributed by atoms with E-state index in [9.17, 15) is 5.11 Å². The van der Waals surface area contributed by atoms with E-state index in [-0.39, 0.29) is 0 Å². The van der Waals surface area contributed by atoms with E-state index in [2.05, 4.69) is 24.2 Å². The molecule has 4 nitrogen and oxygen atoms in total. The Labute approximate surface area is 128 Å². The number of aliphatic hydroxyl groups excluding tert-OH is 1. The summed E-state index contributed by atoms with van der Waals surface area (Å²) in [5.74, 6) is 0.756. The van der Waals surface area contributed by atoms with Crippen LogP contribution < -0.4 is 10.1 Å². The number of piperidine rings is 1. The Morgan fingerprint density at radius 1 is 1.48 bits per heavy atom. The van der Waals surface area contributed by atoms with Gasteiger partial charge in [0.15, 0.2) is 0 Å². The summed E-state index contributed by atoms with van der Waals surface area (Å²) < 4.78 is 5.35. The number of rotatable bonds is 5. The first-order valence-corrected chi connectivity index (χ1v) is 7.77. The lowest BCUT2D eigenvalue weighted by atomic mass is 9.98. The Morgan fingerprint density at radius 2 is 2.24 bits per heavy atom. The van der Waals surface area contributed by atoms with Crippen LogP contribution in [-0.4, -0.2) is 49.3 Å². The van der Waals surface area contributed by atoms with Gasteiger partial charge in [-0.1, -0.05) is 11.6 Å². The van der Waals surface area contributed by atoms with Crippen LogP contribution in [0.1, 0.15) is 37.0 Å². The average Bonchev–Trinajstić information content (AvgIpc) is 2.48. The molecule has 0 spiro atoms. The molecule has 1 aromatic carbocycles. The van der Waals surface area contributed by atoms with Crippen LogP contribution in [0, 0.1) is 6.92 Å². The van der Waals surface area contributed by atoms with Crippen LogP contribution in [0.5, 0.6) is 5.75 Å². The smallest absolute Gasteiger partial charge is 0.124 e. The molecule has 3 atom stereocenters. The van der Waals surface area contributed by atoms with Gasteiger partial charge in [0.25, 0.3) is 0 Å². The van der Waals surface area contributed by atoms with Crippen LogP contribution in [-0.2, 0) is 0 Å². The largest absolute Gasteiger partial charge is 0.496 e. The highest BCUT2D eigenvalue weighted by atomic mass is 16.5. The third-order valence-electron chi connectivity index (χ3n) is 4.55. The lowest BCUT2D eigenvalue weighted by Gasteiger charge is -2.35. The monoisotopic (exact) mass is 292 g/mol. The molecule has 1 aliphatic rings. The average molecular weight is 292 g/mol. The maximum atomic E-state index is 10.5. The number of aliphatic hydroxyl groups is 1. The van der Waals surface area contributed by atoms with Gasteiger partial charge in [0.05, 0.1) is 13.2 Å². The van der Waals surface area contributed by atoms with Crippen LogP contribution in [0.25, 0.3) is 0 Å². The van der Waals surface area contributed by atoms with Gasteiger partial charge in [-0.25, -0.2) is 0 Å². The predicted molar refractivity (Wildman–Crippen MR) is 85.8 cm³/mol. The molecule has 0 aromatic heterocycles. The third-order valence-corrected chi connectivity index (χ3v) is 4.55. The summed E-state index contributed by atoms with van der Waals surface area (Å²) in [6.07, 6.45) is 1.74. The Balaban J connectivity index is 1.93. The Bertz CT molecular complexity index is 464. The van der Waals surface area contributed by atoms with Crippen molar-refractivity contribution in [2.75, 3.05) is 27.2 Å². The second kappa shape index (κ2) is 7.25. The number of ether oxygens (including phenoxy) is 1. The molecule has 1 aromatic rings. The maximum Gasteiger partial charge on any atom is 0.124 e. The van der Waals surface area contributed by atoms with E-state index in [0.717, 1.165) is 36.3 Å². The third kappa shape index (κ3) is 4.19. The van der Waals surface area contributed by atoms with Crippen molar-refractivity contribution in [3.8, 4) is 5.75 Å². The normalized spacial score (nSPS) is 24.8. The van der Waals surface area contributed by atoms with Gasteiger partial charge in [0.2, 0.25) is 0 Å². The zero-order valence-electron chi connectivity index (χ0n) is 13.6. The molecule has 0 saturated carbocycles. The first-order valence-electron chi connectivity index (χ1n) is 7.77. The molecule has 0 bridgehead atoms. The molecule has 0 aliphatic carbocycles. The summed E-state index contributed by atoms with van der Waals surface area (Å²) in [5, 5.41) is 14.0. The lowest BCUT2D eigenvalue weighted by Crippen LogP contribution is -2.46. The number of hydrogen-bond acceptors (Lipinski definition) is 4. The van der Waals surface area contributed by atoms with Crippen molar-refractivity contribution >= 4 is 0 Å². The van der Waals surface area contributed by atoms with E-state index in [1.54, 1.807) is 7.11 Å². The van der Waals surface area contributed by atoms with Crippen molar-refractivity contribution in [3.63, 3.8) is 0 Å². The number of methoxy groups -OCH3 is 1. The zero-order chi connectivity index (χ0) is 15.4. The van der Waals surface area contributed by atoms with Crippen LogP contribution in [0.4, 0.5) is 0 Å². The highest BCUT2D eigenvalue weighted by Crippen LogP contribution is 2.26. The van der Waals surface area contributed by atoms with Gasteiger partial charge in [0, 0.05) is 24.2 Å². The molecule has 1 fully saturated rings. The standard InChI is InChI=1S/C17H28N2O2/c1-12-5-6-17(21-4)15(9-12)16(20)11-18-14-7-8-19(3)13(2)10-14/h5-6,9,13-14,16,18,20H,7-8,10-11H2,1-4H3. The van der Waals surface area contributed by atoms with Crippen molar-refractivity contribution in [2.24, 2.45) is 0 Å². The molecule has 21 heavy (non-hydrogen) atoms. The van der Waals surface area contributed by atoms with Gasteiger partial charge in [-0.2, -0.15) is 0 Å². The summed E-state index contributed by atoms with van der Waals surface area (Å²) in [5.41, 5.74) is 2.00. The van der Waals surface area contributed by atoms with E-state index in [0.29, 0.717) is 18.6 Å². The van der Waals surface area contributed by atoms with Gasteiger partial charge < -0.3 is 20.1 Å². The van der Waals surface area contributed by atoms with Crippen molar-refractivity contribution in [2.45, 2.75) is 44.9 Å². The molecule has 1 saturated heterocycles. The fourth-order valence-electron chi connectivity index (χ4n) is 2.98. The number of benzene rings is 1. The molecular weight excluding hydrogens is 264 g/mol. The van der Waals surface area contributed by atoms with Crippen molar-refractivity contribution < 1.29 is 9.84 Å². The van der Waals surface area contributed by atoms with Crippen LogP contribution >= 0.6 is 0 Å². The SMILES string of the molecule is COc1ccc(C)cc1C(O)CNC1CCN(C)C(C)C1. The van der Waals surface area contributed by atoms with Gasteiger partial charge in [-0.15, -0.1) is 0 Å². The van der Waals surface area contributed by atoms with Gasteiger partial charge in [-0.05, 0) is 52.4 Å². The molecule has 0 radical (unpaired) electrons. The van der Waals surface area contributed by atoms with Crippen molar-refractivity contribution in [1.29, 1.82) is 0 Å². The molecule has 0 amide bonds. The Kier molecular flexibility index (Phi) is 5.62. The summed E-state index contributed by atoms with van der Waals surface area (Å²) in [7, 11) is 3.82. The fourth-order valence-corrected chi connectivity index (χ4v) is 2.98. The molecule has 4 heteroatoms. The quantitative estimate of drug-likeness (QED) is 0.872. The molecule has 118 valence electrons. The first-order chi connectivity index (χ1) is 10.0. The molecular formula is C17H28N2O2. The van der Waals surface area contributed by atoms with Crippen LogP contribution in [0.15, 0.2) is 18.2 Å². The van der Waals surface area contributed by atoms with E-state index >= 15 is 0 Å². The molecule has 3 unspecified atom stereocenters. The van der Waals surface area contributed by atoms with Gasteiger partial charge in [0.1, 0.15) is 5.75 Å². The molecule has 2 rings (SSSR count). The topological polar surface area (TPSA) is 44.7 Å². The van der Waals surface area contributed by atoms with E-state index in [1.807, 2.05) is 25.1 Å². The van der Waals surface area contributed by atoms with Crippen LogP contribution in [0.2, 0.25) is 0 Å². The second-order valence-corrected chi connectivity index (χ2v) is 6.22. The minimum Gasteiger partial charge on any atom is -0.496 e. The number of nitrogens with zero attached hydrogens (tertiary/aromatic N) is 1. The minimum absolute atomic E-state index is 0.488. The number of aryl methyl sites for hydroxylation is 1. The summed E-state index contributed by atoms with van der Waals surface area (Å²) >= 11 is 0. The first kappa shape index (κ1) is 16.3.